The quantitative estimate of drug-likeness (QED) is 0.632. The molecule has 0 radical (unpaired) electrons. The molecule has 0 aromatic rings. The van der Waals surface area contributed by atoms with E-state index >= 15 is 0 Å². The Kier molecular flexibility index (Phi) is 6.78. The molecule has 2 amide bonds. The minimum atomic E-state index is -0.996. The van der Waals surface area contributed by atoms with Gasteiger partial charge in [0.15, 0.2) is 0 Å². The summed E-state index contributed by atoms with van der Waals surface area (Å²) in [6, 6.07) is -1.06. The second-order valence-corrected chi connectivity index (χ2v) is 5.66. The van der Waals surface area contributed by atoms with E-state index in [0.29, 0.717) is 31.9 Å². The number of hydrogen-bond donors (Lipinski definition) is 2. The second kappa shape index (κ2) is 8.09. The summed E-state index contributed by atoms with van der Waals surface area (Å²) in [6.45, 7) is 5.11. The van der Waals surface area contributed by atoms with Gasteiger partial charge >= 0.3 is 12.0 Å². The number of hydrogen-bond acceptors (Lipinski definition) is 3. The molecule has 1 unspecified atom stereocenters. The van der Waals surface area contributed by atoms with Gasteiger partial charge in [0.2, 0.25) is 0 Å². The first-order valence-electron chi connectivity index (χ1n) is 7.24. The highest BCUT2D eigenvalue weighted by Crippen LogP contribution is 2.30. The van der Waals surface area contributed by atoms with E-state index in [2.05, 4.69) is 5.32 Å². The van der Waals surface area contributed by atoms with E-state index in [0.717, 1.165) is 12.8 Å². The molecule has 1 aliphatic rings. The first-order valence-corrected chi connectivity index (χ1v) is 7.24. The average Bonchev–Trinajstić information content (AvgIpc) is 3.18. The summed E-state index contributed by atoms with van der Waals surface area (Å²) < 4.78 is 4.91. The van der Waals surface area contributed by atoms with Crippen LogP contribution in [0.4, 0.5) is 4.79 Å². The number of urea groups is 1. The topological polar surface area (TPSA) is 78.9 Å². The Hall–Kier alpha value is -1.30. The number of carbonyl (C=O) groups excluding carboxylic acids is 1. The fourth-order valence-corrected chi connectivity index (χ4v) is 2.03. The summed E-state index contributed by atoms with van der Waals surface area (Å²) in [6.07, 6.45) is 3.31. The van der Waals surface area contributed by atoms with E-state index in [1.54, 1.807) is 12.0 Å². The molecule has 0 aromatic heterocycles. The number of carboxylic acid groups (broad SMARTS) is 1. The number of methoxy groups -OCH3 is 1. The molecule has 0 saturated heterocycles. The predicted molar refractivity (Wildman–Crippen MR) is 75.6 cm³/mol. The zero-order valence-electron chi connectivity index (χ0n) is 12.6. The second-order valence-electron chi connectivity index (χ2n) is 5.66. The highest BCUT2D eigenvalue weighted by atomic mass is 16.5. The van der Waals surface area contributed by atoms with Crippen LogP contribution in [0.3, 0.4) is 0 Å². The maximum atomic E-state index is 12.2. The molecule has 6 nitrogen and oxygen atoms in total. The van der Waals surface area contributed by atoms with Gasteiger partial charge in [-0.05, 0) is 45.4 Å². The Morgan fingerprint density at radius 1 is 1.40 bits per heavy atom. The minimum Gasteiger partial charge on any atom is -0.480 e. The molecule has 0 bridgehead atoms. The third-order valence-corrected chi connectivity index (χ3v) is 3.47. The number of rotatable bonds is 9. The van der Waals surface area contributed by atoms with E-state index in [1.807, 2.05) is 13.8 Å². The smallest absolute Gasteiger partial charge is 0.326 e. The van der Waals surface area contributed by atoms with Gasteiger partial charge in [-0.1, -0.05) is 0 Å². The SMILES string of the molecule is COCCCC(NC(=O)N(CC1CC1)C(C)C)C(=O)O. The number of nitrogens with zero attached hydrogens (tertiary/aromatic N) is 1. The van der Waals surface area contributed by atoms with Gasteiger partial charge in [-0.25, -0.2) is 9.59 Å². The highest BCUT2D eigenvalue weighted by molar-refractivity contribution is 5.82. The molecule has 1 fully saturated rings. The van der Waals surface area contributed by atoms with Gasteiger partial charge in [0.25, 0.3) is 0 Å². The van der Waals surface area contributed by atoms with Crippen LogP contribution >= 0.6 is 0 Å². The molecule has 0 aromatic carbocycles. The normalized spacial score (nSPS) is 16.0. The van der Waals surface area contributed by atoms with Gasteiger partial charge < -0.3 is 20.1 Å². The van der Waals surface area contributed by atoms with Crippen LogP contribution in [0, 0.1) is 5.92 Å². The lowest BCUT2D eigenvalue weighted by Crippen LogP contribution is -2.50. The van der Waals surface area contributed by atoms with Crippen molar-refractivity contribution in [2.24, 2.45) is 5.92 Å². The number of nitrogens with one attached hydrogen (secondary N) is 1. The Morgan fingerprint density at radius 2 is 2.05 bits per heavy atom. The molecule has 0 spiro atoms. The molecule has 0 heterocycles. The first kappa shape index (κ1) is 16.8. The summed E-state index contributed by atoms with van der Waals surface area (Å²) >= 11 is 0. The van der Waals surface area contributed by atoms with Gasteiger partial charge in [0.05, 0.1) is 0 Å². The van der Waals surface area contributed by atoms with Crippen molar-refractivity contribution < 1.29 is 19.4 Å². The zero-order valence-corrected chi connectivity index (χ0v) is 12.6. The summed E-state index contributed by atoms with van der Waals surface area (Å²) in [5, 5.41) is 11.8. The molecular weight excluding hydrogens is 260 g/mol. The van der Waals surface area contributed by atoms with Gasteiger partial charge in [0, 0.05) is 26.3 Å². The van der Waals surface area contributed by atoms with E-state index in [4.69, 9.17) is 9.84 Å². The van der Waals surface area contributed by atoms with Crippen LogP contribution in [0.1, 0.15) is 39.5 Å². The van der Waals surface area contributed by atoms with Crippen LogP contribution in [-0.4, -0.2) is 54.4 Å². The molecule has 1 aliphatic carbocycles. The third-order valence-electron chi connectivity index (χ3n) is 3.47. The van der Waals surface area contributed by atoms with Crippen LogP contribution in [0.25, 0.3) is 0 Å². The van der Waals surface area contributed by atoms with Crippen LogP contribution in [0.2, 0.25) is 0 Å². The van der Waals surface area contributed by atoms with E-state index < -0.39 is 12.0 Å². The highest BCUT2D eigenvalue weighted by Gasteiger charge is 2.30. The Balaban J connectivity index is 2.50. The van der Waals surface area contributed by atoms with Crippen molar-refractivity contribution in [3.8, 4) is 0 Å². The van der Waals surface area contributed by atoms with Crippen LogP contribution in [0.15, 0.2) is 0 Å². The number of aliphatic carboxylic acids is 1. The molecule has 1 atom stereocenters. The van der Waals surface area contributed by atoms with Crippen LogP contribution < -0.4 is 5.32 Å². The maximum absolute atomic E-state index is 12.2. The minimum absolute atomic E-state index is 0.0732. The standard InChI is InChI=1S/C14H26N2O4/c1-10(2)16(9-11-6-7-11)14(19)15-12(13(17)18)5-4-8-20-3/h10-12H,4-9H2,1-3H3,(H,15,19)(H,17,18). The van der Waals surface area contributed by atoms with Gasteiger partial charge in [-0.2, -0.15) is 0 Å². The van der Waals surface area contributed by atoms with E-state index in [-0.39, 0.29) is 12.1 Å². The molecule has 1 rings (SSSR count). The van der Waals surface area contributed by atoms with Crippen molar-refractivity contribution in [1.29, 1.82) is 0 Å². The monoisotopic (exact) mass is 286 g/mol. The molecule has 20 heavy (non-hydrogen) atoms. The number of carboxylic acids is 1. The van der Waals surface area contributed by atoms with Crippen molar-refractivity contribution >= 4 is 12.0 Å². The van der Waals surface area contributed by atoms with Gasteiger partial charge in [-0.3, -0.25) is 0 Å². The molecular formula is C14H26N2O4. The summed E-state index contributed by atoms with van der Waals surface area (Å²) in [7, 11) is 1.57. The Morgan fingerprint density at radius 3 is 2.50 bits per heavy atom. The zero-order chi connectivity index (χ0) is 15.1. The number of ether oxygens (including phenoxy) is 1. The average molecular weight is 286 g/mol. The molecule has 2 N–H and O–H groups in total. The van der Waals surface area contributed by atoms with Crippen LogP contribution in [0.5, 0.6) is 0 Å². The van der Waals surface area contributed by atoms with Crippen molar-refractivity contribution in [1.82, 2.24) is 10.2 Å². The predicted octanol–water partition coefficient (Wildman–Crippen LogP) is 1.70. The van der Waals surface area contributed by atoms with E-state index in [1.165, 1.54) is 0 Å². The Bertz CT molecular complexity index is 329. The van der Waals surface area contributed by atoms with Gasteiger partial charge in [0.1, 0.15) is 6.04 Å². The number of carbonyl (C=O) groups is 2. The van der Waals surface area contributed by atoms with Crippen LogP contribution in [-0.2, 0) is 9.53 Å². The van der Waals surface area contributed by atoms with Crippen molar-refractivity contribution in [2.45, 2.75) is 51.6 Å². The molecule has 0 aliphatic heterocycles. The third kappa shape index (κ3) is 5.77. The van der Waals surface area contributed by atoms with Crippen molar-refractivity contribution in [2.75, 3.05) is 20.3 Å². The largest absolute Gasteiger partial charge is 0.480 e. The van der Waals surface area contributed by atoms with E-state index in [9.17, 15) is 9.59 Å². The summed E-state index contributed by atoms with van der Waals surface area (Å²) in [5.74, 6) is -0.412. The maximum Gasteiger partial charge on any atom is 0.326 e. The first-order chi connectivity index (χ1) is 9.45. The van der Waals surface area contributed by atoms with Crippen molar-refractivity contribution in [3.05, 3.63) is 0 Å². The lowest BCUT2D eigenvalue weighted by molar-refractivity contribution is -0.139. The van der Waals surface area contributed by atoms with Crippen molar-refractivity contribution in [3.63, 3.8) is 0 Å². The summed E-state index contributed by atoms with van der Waals surface area (Å²) in [5.41, 5.74) is 0. The fourth-order valence-electron chi connectivity index (χ4n) is 2.03. The fraction of sp³-hybridized carbons (Fsp3) is 0.857. The molecule has 116 valence electrons. The molecule has 1 saturated carbocycles. The summed E-state index contributed by atoms with van der Waals surface area (Å²) in [4.78, 5) is 25.1. The Labute approximate surface area is 120 Å². The molecule has 6 heteroatoms. The lowest BCUT2D eigenvalue weighted by Gasteiger charge is -2.28. The lowest BCUT2D eigenvalue weighted by atomic mass is 10.1. The number of amides is 2. The van der Waals surface area contributed by atoms with Gasteiger partial charge in [-0.15, -0.1) is 0 Å².